The molecule has 104 valence electrons. The molecular weight excluding hydrogens is 222 g/mol. The van der Waals surface area contributed by atoms with E-state index in [1.54, 1.807) is 14.2 Å². The second-order valence-corrected chi connectivity index (χ2v) is 4.32. The van der Waals surface area contributed by atoms with Gasteiger partial charge >= 0.3 is 0 Å². The van der Waals surface area contributed by atoms with Gasteiger partial charge in [-0.15, -0.1) is 0 Å². The molecule has 0 aliphatic rings. The number of hydrogen-bond acceptors (Lipinski definition) is 5. The summed E-state index contributed by atoms with van der Waals surface area (Å²) in [5.74, 6) is 0. The van der Waals surface area contributed by atoms with Crippen molar-refractivity contribution in [3.8, 4) is 0 Å². The number of hydrogen-bond donors (Lipinski definition) is 1. The average Bonchev–Trinajstić information content (AvgIpc) is 2.30. The van der Waals surface area contributed by atoms with E-state index in [1.165, 1.54) is 0 Å². The van der Waals surface area contributed by atoms with Crippen LogP contribution in [0.4, 0.5) is 0 Å². The van der Waals surface area contributed by atoms with Gasteiger partial charge in [0.2, 0.25) is 0 Å². The van der Waals surface area contributed by atoms with Crippen LogP contribution in [-0.4, -0.2) is 75.9 Å². The molecule has 0 aromatic rings. The fraction of sp³-hybridized carbons (Fsp3) is 1.00. The Morgan fingerprint density at radius 1 is 1.06 bits per heavy atom. The predicted molar refractivity (Wildman–Crippen MR) is 67.3 cm³/mol. The number of nitrogens with zero attached hydrogens (tertiary/aromatic N) is 1. The molecule has 1 unspecified atom stereocenters. The average molecular weight is 249 g/mol. The van der Waals surface area contributed by atoms with Crippen molar-refractivity contribution in [3.63, 3.8) is 0 Å². The van der Waals surface area contributed by atoms with E-state index in [2.05, 4.69) is 4.90 Å². The van der Waals surface area contributed by atoms with E-state index in [9.17, 15) is 5.11 Å². The summed E-state index contributed by atoms with van der Waals surface area (Å²) in [6.45, 7) is 7.76. The van der Waals surface area contributed by atoms with E-state index in [1.807, 2.05) is 13.8 Å². The maximum Gasteiger partial charge on any atom is 0.0900 e. The van der Waals surface area contributed by atoms with Crippen molar-refractivity contribution < 1.29 is 19.3 Å². The zero-order valence-corrected chi connectivity index (χ0v) is 11.5. The van der Waals surface area contributed by atoms with Crippen LogP contribution in [-0.2, 0) is 14.2 Å². The van der Waals surface area contributed by atoms with Crippen LogP contribution in [0.2, 0.25) is 0 Å². The highest BCUT2D eigenvalue weighted by atomic mass is 16.5. The third-order valence-corrected chi connectivity index (χ3v) is 2.31. The molecule has 5 heteroatoms. The van der Waals surface area contributed by atoms with Crippen LogP contribution in [0.5, 0.6) is 0 Å². The van der Waals surface area contributed by atoms with Crippen molar-refractivity contribution in [2.45, 2.75) is 26.1 Å². The van der Waals surface area contributed by atoms with Gasteiger partial charge in [0.25, 0.3) is 0 Å². The Hall–Kier alpha value is -0.200. The molecule has 0 heterocycles. The molecule has 17 heavy (non-hydrogen) atoms. The fourth-order valence-corrected chi connectivity index (χ4v) is 1.39. The molecule has 0 radical (unpaired) electrons. The highest BCUT2D eigenvalue weighted by Crippen LogP contribution is 1.97. The van der Waals surface area contributed by atoms with Gasteiger partial charge in [-0.3, -0.25) is 4.90 Å². The van der Waals surface area contributed by atoms with Crippen molar-refractivity contribution in [1.29, 1.82) is 0 Å². The first-order valence-corrected chi connectivity index (χ1v) is 6.10. The molecular formula is C12H27NO4. The summed E-state index contributed by atoms with van der Waals surface area (Å²) in [4.78, 5) is 2.11. The predicted octanol–water partition coefficient (Wildman–Crippen LogP) is 0.367. The van der Waals surface area contributed by atoms with Gasteiger partial charge in [0.1, 0.15) is 0 Å². The Bertz CT molecular complexity index is 159. The van der Waals surface area contributed by atoms with E-state index >= 15 is 0 Å². The van der Waals surface area contributed by atoms with E-state index in [0.717, 1.165) is 13.1 Å². The van der Waals surface area contributed by atoms with E-state index in [4.69, 9.17) is 14.2 Å². The summed E-state index contributed by atoms with van der Waals surface area (Å²) in [7, 11) is 3.35. The number of aliphatic hydroxyl groups is 1. The molecule has 5 nitrogen and oxygen atoms in total. The number of ether oxygens (including phenoxy) is 3. The minimum absolute atomic E-state index is 0.149. The smallest absolute Gasteiger partial charge is 0.0900 e. The Kier molecular flexibility index (Phi) is 10.8. The summed E-state index contributed by atoms with van der Waals surface area (Å²) < 4.78 is 15.4. The van der Waals surface area contributed by atoms with Gasteiger partial charge in [0, 0.05) is 33.9 Å². The highest BCUT2D eigenvalue weighted by molar-refractivity contribution is 4.64. The lowest BCUT2D eigenvalue weighted by Gasteiger charge is -2.24. The zero-order chi connectivity index (χ0) is 13.1. The highest BCUT2D eigenvalue weighted by Gasteiger charge is 2.12. The fourth-order valence-electron chi connectivity index (χ4n) is 1.39. The monoisotopic (exact) mass is 249 g/mol. The molecule has 1 atom stereocenters. The quantitative estimate of drug-likeness (QED) is 0.573. The lowest BCUT2D eigenvalue weighted by Crippen LogP contribution is -2.39. The van der Waals surface area contributed by atoms with Crippen molar-refractivity contribution >= 4 is 0 Å². The van der Waals surface area contributed by atoms with Crippen LogP contribution in [0.15, 0.2) is 0 Å². The molecule has 0 bridgehead atoms. The van der Waals surface area contributed by atoms with Crippen LogP contribution in [0, 0.1) is 0 Å². The SMILES string of the molecule is COCCN(CCOC)CC(O)COC(C)C. The summed E-state index contributed by atoms with van der Waals surface area (Å²) in [5, 5.41) is 9.82. The van der Waals surface area contributed by atoms with Crippen LogP contribution < -0.4 is 0 Å². The molecule has 0 aromatic heterocycles. The Morgan fingerprint density at radius 3 is 2.00 bits per heavy atom. The Balaban J connectivity index is 3.84. The molecule has 0 amide bonds. The second kappa shape index (κ2) is 10.9. The van der Waals surface area contributed by atoms with Crippen LogP contribution >= 0.6 is 0 Å². The van der Waals surface area contributed by atoms with Gasteiger partial charge in [-0.1, -0.05) is 0 Å². The molecule has 1 N–H and O–H groups in total. The van der Waals surface area contributed by atoms with Crippen molar-refractivity contribution in [2.75, 3.05) is 53.7 Å². The van der Waals surface area contributed by atoms with E-state index < -0.39 is 6.10 Å². The van der Waals surface area contributed by atoms with Crippen molar-refractivity contribution in [1.82, 2.24) is 4.90 Å². The van der Waals surface area contributed by atoms with Gasteiger partial charge in [0.15, 0.2) is 0 Å². The summed E-state index contributed by atoms with van der Waals surface area (Å²) in [6.07, 6.45) is -0.317. The standard InChI is InChI=1S/C12H27NO4/c1-11(2)17-10-12(14)9-13(5-7-15-3)6-8-16-4/h11-12,14H,5-10H2,1-4H3. The molecule has 0 rings (SSSR count). The van der Waals surface area contributed by atoms with E-state index in [0.29, 0.717) is 26.4 Å². The molecule has 0 spiro atoms. The Morgan fingerprint density at radius 2 is 1.59 bits per heavy atom. The first-order valence-electron chi connectivity index (χ1n) is 6.10. The minimum Gasteiger partial charge on any atom is -0.389 e. The third kappa shape index (κ3) is 10.7. The van der Waals surface area contributed by atoms with Gasteiger partial charge < -0.3 is 19.3 Å². The lowest BCUT2D eigenvalue weighted by molar-refractivity contribution is -0.0136. The minimum atomic E-state index is -0.467. The molecule has 0 aromatic carbocycles. The first kappa shape index (κ1) is 16.8. The largest absolute Gasteiger partial charge is 0.389 e. The normalized spacial score (nSPS) is 13.6. The van der Waals surface area contributed by atoms with Crippen molar-refractivity contribution in [2.24, 2.45) is 0 Å². The Labute approximate surface area is 105 Å². The van der Waals surface area contributed by atoms with Gasteiger partial charge in [-0.25, -0.2) is 0 Å². The van der Waals surface area contributed by atoms with Crippen LogP contribution in [0.25, 0.3) is 0 Å². The van der Waals surface area contributed by atoms with Crippen LogP contribution in [0.1, 0.15) is 13.8 Å². The van der Waals surface area contributed by atoms with Crippen LogP contribution in [0.3, 0.4) is 0 Å². The molecule has 0 saturated heterocycles. The molecule has 0 aliphatic carbocycles. The first-order chi connectivity index (χ1) is 8.10. The summed E-state index contributed by atoms with van der Waals surface area (Å²) >= 11 is 0. The van der Waals surface area contributed by atoms with Gasteiger partial charge in [0.05, 0.1) is 32.0 Å². The molecule has 0 fully saturated rings. The number of rotatable bonds is 11. The third-order valence-electron chi connectivity index (χ3n) is 2.31. The maximum absolute atomic E-state index is 9.82. The molecule has 0 aliphatic heterocycles. The number of aliphatic hydroxyl groups excluding tert-OH is 1. The van der Waals surface area contributed by atoms with E-state index in [-0.39, 0.29) is 6.10 Å². The lowest BCUT2D eigenvalue weighted by atomic mass is 10.3. The zero-order valence-electron chi connectivity index (χ0n) is 11.5. The molecule has 0 saturated carbocycles. The summed E-state index contributed by atoms with van der Waals surface area (Å²) in [6, 6.07) is 0. The second-order valence-electron chi connectivity index (χ2n) is 4.32. The van der Waals surface area contributed by atoms with Crippen molar-refractivity contribution in [3.05, 3.63) is 0 Å². The number of methoxy groups -OCH3 is 2. The maximum atomic E-state index is 9.82. The topological polar surface area (TPSA) is 51.2 Å². The van der Waals surface area contributed by atoms with Gasteiger partial charge in [-0.2, -0.15) is 0 Å². The summed E-state index contributed by atoms with van der Waals surface area (Å²) in [5.41, 5.74) is 0. The van der Waals surface area contributed by atoms with Gasteiger partial charge in [-0.05, 0) is 13.8 Å².